The number of carbonyl (C=O) groups is 1. The predicted octanol–water partition coefficient (Wildman–Crippen LogP) is 3.29. The lowest BCUT2D eigenvalue weighted by Gasteiger charge is -2.24. The van der Waals surface area contributed by atoms with Gasteiger partial charge in [-0.1, -0.05) is 30.3 Å². The van der Waals surface area contributed by atoms with Gasteiger partial charge in [-0.15, -0.1) is 6.58 Å². The molecule has 0 saturated heterocycles. The molecule has 0 amide bonds. The molecule has 2 heteroatoms. The largest absolute Gasteiger partial charge is 0.465 e. The molecule has 0 aliphatic heterocycles. The van der Waals surface area contributed by atoms with E-state index in [2.05, 4.69) is 6.58 Å². The Kier molecular flexibility index (Phi) is 4.50. The van der Waals surface area contributed by atoms with E-state index in [1.165, 1.54) is 5.56 Å². The second-order valence-corrected chi connectivity index (χ2v) is 4.45. The minimum absolute atomic E-state index is 0.210. The van der Waals surface area contributed by atoms with E-state index in [0.29, 0.717) is 13.0 Å². The Morgan fingerprint density at radius 1 is 1.47 bits per heavy atom. The quantitative estimate of drug-likeness (QED) is 0.575. The standard InChI is InChI=1S/C15H20O2/c1-5-15(4,14(16)17-6-2)11-13-10-8-7-9-12(13)3/h5,7-10H,1,6,11H2,2-4H3. The van der Waals surface area contributed by atoms with Crippen LogP contribution in [0.4, 0.5) is 0 Å². The summed E-state index contributed by atoms with van der Waals surface area (Å²) in [4.78, 5) is 11.9. The molecule has 0 aliphatic rings. The number of benzene rings is 1. The fourth-order valence-electron chi connectivity index (χ4n) is 1.73. The van der Waals surface area contributed by atoms with Crippen molar-refractivity contribution < 1.29 is 9.53 Å². The molecule has 1 unspecified atom stereocenters. The van der Waals surface area contributed by atoms with Crippen LogP contribution in [0.2, 0.25) is 0 Å². The summed E-state index contributed by atoms with van der Waals surface area (Å²) < 4.78 is 5.10. The lowest BCUT2D eigenvalue weighted by molar-refractivity contribution is -0.151. The van der Waals surface area contributed by atoms with Crippen molar-refractivity contribution in [2.75, 3.05) is 6.61 Å². The zero-order valence-corrected chi connectivity index (χ0v) is 10.8. The molecule has 0 spiro atoms. The molecule has 0 saturated carbocycles. The van der Waals surface area contributed by atoms with Crippen molar-refractivity contribution in [3.05, 3.63) is 48.0 Å². The van der Waals surface area contributed by atoms with Crippen molar-refractivity contribution in [1.82, 2.24) is 0 Å². The minimum atomic E-state index is -0.651. The fraction of sp³-hybridized carbons (Fsp3) is 0.400. The van der Waals surface area contributed by atoms with Crippen LogP contribution in [0.25, 0.3) is 0 Å². The van der Waals surface area contributed by atoms with Crippen molar-refractivity contribution >= 4 is 5.97 Å². The van der Waals surface area contributed by atoms with Gasteiger partial charge in [-0.25, -0.2) is 0 Å². The summed E-state index contributed by atoms with van der Waals surface area (Å²) >= 11 is 0. The van der Waals surface area contributed by atoms with Crippen LogP contribution in [0, 0.1) is 12.3 Å². The average Bonchev–Trinajstić information content (AvgIpc) is 2.32. The van der Waals surface area contributed by atoms with Crippen LogP contribution >= 0.6 is 0 Å². The van der Waals surface area contributed by atoms with E-state index in [1.807, 2.05) is 45.0 Å². The zero-order valence-electron chi connectivity index (χ0n) is 10.8. The molecule has 0 aromatic heterocycles. The maximum atomic E-state index is 11.9. The molecule has 17 heavy (non-hydrogen) atoms. The number of hydrogen-bond acceptors (Lipinski definition) is 2. The first-order valence-electron chi connectivity index (χ1n) is 5.89. The molecule has 1 atom stereocenters. The van der Waals surface area contributed by atoms with Gasteiger partial charge in [0, 0.05) is 0 Å². The van der Waals surface area contributed by atoms with E-state index < -0.39 is 5.41 Å². The molecule has 1 aromatic carbocycles. The highest BCUT2D eigenvalue weighted by atomic mass is 16.5. The molecule has 0 aliphatic carbocycles. The average molecular weight is 232 g/mol. The molecular formula is C15H20O2. The molecule has 0 N–H and O–H groups in total. The van der Waals surface area contributed by atoms with E-state index in [4.69, 9.17) is 4.74 Å². The monoisotopic (exact) mass is 232 g/mol. The van der Waals surface area contributed by atoms with Crippen molar-refractivity contribution in [3.63, 3.8) is 0 Å². The molecule has 0 heterocycles. The molecule has 92 valence electrons. The number of rotatable bonds is 5. The first-order valence-corrected chi connectivity index (χ1v) is 5.89. The Bertz CT molecular complexity index is 409. The summed E-state index contributed by atoms with van der Waals surface area (Å²) in [6.45, 7) is 9.89. The number of ether oxygens (including phenoxy) is 1. The van der Waals surface area contributed by atoms with Crippen LogP contribution in [0.15, 0.2) is 36.9 Å². The van der Waals surface area contributed by atoms with Crippen LogP contribution in [-0.4, -0.2) is 12.6 Å². The summed E-state index contributed by atoms with van der Waals surface area (Å²) in [7, 11) is 0. The van der Waals surface area contributed by atoms with E-state index >= 15 is 0 Å². The van der Waals surface area contributed by atoms with Crippen LogP contribution in [0.3, 0.4) is 0 Å². The van der Waals surface area contributed by atoms with Gasteiger partial charge in [-0.2, -0.15) is 0 Å². The van der Waals surface area contributed by atoms with Crippen LogP contribution in [0.5, 0.6) is 0 Å². The lowest BCUT2D eigenvalue weighted by atomic mass is 9.82. The van der Waals surface area contributed by atoms with Gasteiger partial charge >= 0.3 is 5.97 Å². The second kappa shape index (κ2) is 5.67. The zero-order chi connectivity index (χ0) is 12.9. The highest BCUT2D eigenvalue weighted by Crippen LogP contribution is 2.27. The van der Waals surface area contributed by atoms with Crippen molar-refractivity contribution in [3.8, 4) is 0 Å². The first kappa shape index (κ1) is 13.5. The highest BCUT2D eigenvalue weighted by Gasteiger charge is 2.31. The van der Waals surface area contributed by atoms with Gasteiger partial charge in [0.25, 0.3) is 0 Å². The van der Waals surface area contributed by atoms with Gasteiger partial charge in [0.2, 0.25) is 0 Å². The van der Waals surface area contributed by atoms with Gasteiger partial charge in [0.15, 0.2) is 0 Å². The van der Waals surface area contributed by atoms with Crippen LogP contribution in [0.1, 0.15) is 25.0 Å². The predicted molar refractivity (Wildman–Crippen MR) is 69.8 cm³/mol. The van der Waals surface area contributed by atoms with E-state index in [0.717, 1.165) is 5.56 Å². The number of aryl methyl sites for hydroxylation is 1. The summed E-state index contributed by atoms with van der Waals surface area (Å²) in [6, 6.07) is 8.06. The van der Waals surface area contributed by atoms with Gasteiger partial charge < -0.3 is 4.74 Å². The Balaban J connectivity index is 2.93. The Labute approximate surface area is 103 Å². The van der Waals surface area contributed by atoms with E-state index in [9.17, 15) is 4.79 Å². The third-order valence-corrected chi connectivity index (χ3v) is 3.01. The lowest BCUT2D eigenvalue weighted by Crippen LogP contribution is -2.30. The summed E-state index contributed by atoms with van der Waals surface area (Å²) in [5, 5.41) is 0. The normalized spacial score (nSPS) is 13.8. The molecule has 0 fully saturated rings. The third-order valence-electron chi connectivity index (χ3n) is 3.01. The maximum Gasteiger partial charge on any atom is 0.315 e. The van der Waals surface area contributed by atoms with Gasteiger partial charge in [0.1, 0.15) is 0 Å². The van der Waals surface area contributed by atoms with Crippen molar-refractivity contribution in [2.45, 2.75) is 27.2 Å². The van der Waals surface area contributed by atoms with Crippen molar-refractivity contribution in [1.29, 1.82) is 0 Å². The summed E-state index contributed by atoms with van der Waals surface area (Å²) in [6.07, 6.45) is 2.30. The third kappa shape index (κ3) is 3.19. The Morgan fingerprint density at radius 2 is 2.12 bits per heavy atom. The van der Waals surface area contributed by atoms with Crippen molar-refractivity contribution in [2.24, 2.45) is 5.41 Å². The topological polar surface area (TPSA) is 26.3 Å². The first-order chi connectivity index (χ1) is 8.03. The van der Waals surface area contributed by atoms with Gasteiger partial charge in [-0.3, -0.25) is 4.79 Å². The highest BCUT2D eigenvalue weighted by molar-refractivity contribution is 5.79. The van der Waals surface area contributed by atoms with E-state index in [-0.39, 0.29) is 5.97 Å². The summed E-state index contributed by atoms with van der Waals surface area (Å²) in [5.41, 5.74) is 1.69. The molecule has 0 radical (unpaired) electrons. The fourth-order valence-corrected chi connectivity index (χ4v) is 1.73. The molecule has 0 bridgehead atoms. The SMILES string of the molecule is C=CC(C)(Cc1ccccc1C)C(=O)OCC. The number of carbonyl (C=O) groups excluding carboxylic acids is 1. The second-order valence-electron chi connectivity index (χ2n) is 4.45. The van der Waals surface area contributed by atoms with Gasteiger partial charge in [0.05, 0.1) is 12.0 Å². The summed E-state index contributed by atoms with van der Waals surface area (Å²) in [5.74, 6) is -0.210. The molecular weight excluding hydrogens is 212 g/mol. The Hall–Kier alpha value is -1.57. The van der Waals surface area contributed by atoms with E-state index in [1.54, 1.807) is 6.08 Å². The minimum Gasteiger partial charge on any atom is -0.465 e. The Morgan fingerprint density at radius 3 is 2.65 bits per heavy atom. The smallest absolute Gasteiger partial charge is 0.315 e. The number of esters is 1. The van der Waals surface area contributed by atoms with Crippen LogP contribution < -0.4 is 0 Å². The molecule has 1 aromatic rings. The van der Waals surface area contributed by atoms with Crippen LogP contribution in [-0.2, 0) is 16.0 Å². The van der Waals surface area contributed by atoms with Gasteiger partial charge in [-0.05, 0) is 38.3 Å². The molecule has 1 rings (SSSR count). The maximum absolute atomic E-state index is 11.9. The molecule has 2 nitrogen and oxygen atoms in total. The number of hydrogen-bond donors (Lipinski definition) is 0.